The molecule has 1 saturated heterocycles. The minimum absolute atomic E-state index is 0.0925. The number of aromatic amines is 1. The second kappa shape index (κ2) is 5.49. The molecule has 0 saturated carbocycles. The summed E-state index contributed by atoms with van der Waals surface area (Å²) in [5.74, 6) is 0.148. The first-order chi connectivity index (χ1) is 10.4. The molecule has 1 fully saturated rings. The number of pyridine rings is 1. The van der Waals surface area contributed by atoms with Crippen molar-refractivity contribution in [3.05, 3.63) is 45.9 Å². The molecule has 22 heavy (non-hydrogen) atoms. The summed E-state index contributed by atoms with van der Waals surface area (Å²) >= 11 is 0. The van der Waals surface area contributed by atoms with Crippen LogP contribution in [0.2, 0.25) is 0 Å². The van der Waals surface area contributed by atoms with Crippen molar-refractivity contribution in [2.75, 3.05) is 13.1 Å². The van der Waals surface area contributed by atoms with Crippen molar-refractivity contribution in [2.24, 2.45) is 5.14 Å². The van der Waals surface area contributed by atoms with Gasteiger partial charge < -0.3 is 4.98 Å². The molecule has 1 aromatic heterocycles. The van der Waals surface area contributed by atoms with Crippen LogP contribution >= 0.6 is 0 Å². The number of rotatable bonds is 2. The lowest BCUT2D eigenvalue weighted by atomic mass is 9.92. The maximum atomic E-state index is 12.2. The minimum atomic E-state index is -3.62. The van der Waals surface area contributed by atoms with Gasteiger partial charge in [-0.1, -0.05) is 12.1 Å². The number of H-pyrrole nitrogens is 1. The number of fused-ring (bicyclic) bond motifs is 1. The number of piperidine rings is 1. The molecule has 0 atom stereocenters. The van der Waals surface area contributed by atoms with Crippen LogP contribution in [-0.2, 0) is 10.2 Å². The van der Waals surface area contributed by atoms with E-state index in [1.807, 2.05) is 31.2 Å². The lowest BCUT2D eigenvalue weighted by molar-refractivity contribution is 0.317. The second-order valence-corrected chi connectivity index (χ2v) is 7.35. The van der Waals surface area contributed by atoms with Crippen LogP contribution in [0.4, 0.5) is 0 Å². The second-order valence-electron chi connectivity index (χ2n) is 5.81. The highest BCUT2D eigenvalue weighted by molar-refractivity contribution is 7.86. The van der Waals surface area contributed by atoms with Crippen molar-refractivity contribution in [1.29, 1.82) is 0 Å². The van der Waals surface area contributed by atoms with Crippen LogP contribution in [0.3, 0.4) is 0 Å². The molecule has 2 aromatic rings. The number of aromatic nitrogens is 1. The Labute approximate surface area is 129 Å². The zero-order valence-corrected chi connectivity index (χ0v) is 13.2. The average molecular weight is 321 g/mol. The van der Waals surface area contributed by atoms with Crippen molar-refractivity contribution < 1.29 is 8.42 Å². The Hall–Kier alpha value is -1.70. The van der Waals surface area contributed by atoms with Crippen molar-refractivity contribution in [3.63, 3.8) is 0 Å². The van der Waals surface area contributed by atoms with Crippen LogP contribution in [0.25, 0.3) is 10.8 Å². The fraction of sp³-hybridized carbons (Fsp3) is 0.400. The molecule has 118 valence electrons. The number of benzene rings is 1. The molecule has 3 rings (SSSR count). The van der Waals surface area contributed by atoms with Gasteiger partial charge in [-0.2, -0.15) is 12.7 Å². The molecular weight excluding hydrogens is 302 g/mol. The van der Waals surface area contributed by atoms with E-state index in [0.29, 0.717) is 31.3 Å². The predicted octanol–water partition coefficient (Wildman–Crippen LogP) is 1.22. The molecular formula is C15H19N3O3S. The molecule has 1 aromatic carbocycles. The number of hydrogen-bond acceptors (Lipinski definition) is 3. The fourth-order valence-electron chi connectivity index (χ4n) is 3.10. The molecule has 0 amide bonds. The maximum absolute atomic E-state index is 12.2. The Morgan fingerprint density at radius 1 is 1.23 bits per heavy atom. The van der Waals surface area contributed by atoms with Gasteiger partial charge in [0.15, 0.2) is 0 Å². The highest BCUT2D eigenvalue weighted by atomic mass is 32.2. The highest BCUT2D eigenvalue weighted by Gasteiger charge is 2.27. The van der Waals surface area contributed by atoms with E-state index in [2.05, 4.69) is 4.98 Å². The predicted molar refractivity (Wildman–Crippen MR) is 86.0 cm³/mol. The topological polar surface area (TPSA) is 96.3 Å². The molecule has 0 bridgehead atoms. The van der Waals surface area contributed by atoms with Crippen LogP contribution in [0.5, 0.6) is 0 Å². The van der Waals surface area contributed by atoms with Crippen molar-refractivity contribution in [3.8, 4) is 0 Å². The third-order valence-electron chi connectivity index (χ3n) is 4.38. The first-order valence-corrected chi connectivity index (χ1v) is 8.77. The van der Waals surface area contributed by atoms with Crippen LogP contribution in [0.1, 0.15) is 30.0 Å². The molecule has 2 heterocycles. The lowest BCUT2D eigenvalue weighted by Crippen LogP contribution is -2.42. The smallest absolute Gasteiger partial charge is 0.276 e. The first-order valence-electron chi connectivity index (χ1n) is 7.26. The van der Waals surface area contributed by atoms with Gasteiger partial charge in [0.2, 0.25) is 0 Å². The monoisotopic (exact) mass is 321 g/mol. The molecule has 0 unspecified atom stereocenters. The van der Waals surface area contributed by atoms with E-state index in [9.17, 15) is 13.2 Å². The van der Waals surface area contributed by atoms with E-state index in [-0.39, 0.29) is 11.5 Å². The lowest BCUT2D eigenvalue weighted by Gasteiger charge is -2.29. The van der Waals surface area contributed by atoms with E-state index in [4.69, 9.17) is 5.14 Å². The number of hydrogen-bond donors (Lipinski definition) is 2. The Bertz CT molecular complexity index is 865. The van der Waals surface area contributed by atoms with E-state index < -0.39 is 10.2 Å². The van der Waals surface area contributed by atoms with Gasteiger partial charge in [0.1, 0.15) is 0 Å². The molecule has 0 radical (unpaired) electrons. The van der Waals surface area contributed by atoms with Gasteiger partial charge in [0.25, 0.3) is 15.8 Å². The zero-order valence-electron chi connectivity index (χ0n) is 12.4. The first kappa shape index (κ1) is 15.2. The van der Waals surface area contributed by atoms with Crippen LogP contribution in [0.15, 0.2) is 29.1 Å². The Morgan fingerprint density at radius 2 is 1.91 bits per heavy atom. The SMILES string of the molecule is Cc1cccc2c(=O)[nH]c(C3CCN(S(N)(=O)=O)CC3)cc12. The summed E-state index contributed by atoms with van der Waals surface area (Å²) in [6, 6.07) is 7.68. The normalized spacial score (nSPS) is 17.9. The number of nitrogens with two attached hydrogens (primary N) is 1. The number of aryl methyl sites for hydroxylation is 1. The van der Waals surface area contributed by atoms with Gasteiger partial charge in [-0.3, -0.25) is 4.79 Å². The van der Waals surface area contributed by atoms with Gasteiger partial charge >= 0.3 is 0 Å². The van der Waals surface area contributed by atoms with Gasteiger partial charge in [-0.25, -0.2) is 5.14 Å². The maximum Gasteiger partial charge on any atom is 0.276 e. The summed E-state index contributed by atoms with van der Waals surface area (Å²) in [6.45, 7) is 2.75. The number of nitrogens with zero attached hydrogens (tertiary/aromatic N) is 1. The molecule has 1 aliphatic rings. The number of nitrogens with one attached hydrogen (secondary N) is 1. The molecule has 6 nitrogen and oxygen atoms in total. The van der Waals surface area contributed by atoms with Gasteiger partial charge in [0.05, 0.1) is 0 Å². The molecule has 0 aliphatic carbocycles. The van der Waals surface area contributed by atoms with Crippen molar-refractivity contribution in [2.45, 2.75) is 25.7 Å². The van der Waals surface area contributed by atoms with E-state index in [1.54, 1.807) is 0 Å². The van der Waals surface area contributed by atoms with E-state index in [0.717, 1.165) is 16.6 Å². The molecule has 3 N–H and O–H groups in total. The largest absolute Gasteiger partial charge is 0.325 e. The third kappa shape index (κ3) is 2.79. The summed E-state index contributed by atoms with van der Waals surface area (Å²) in [5.41, 5.74) is 1.85. The van der Waals surface area contributed by atoms with Gasteiger partial charge in [0, 0.05) is 30.1 Å². The van der Waals surface area contributed by atoms with E-state index >= 15 is 0 Å². The van der Waals surface area contributed by atoms with Gasteiger partial charge in [-0.05, 0) is 42.8 Å². The Balaban J connectivity index is 1.92. The summed E-state index contributed by atoms with van der Waals surface area (Å²) in [4.78, 5) is 15.2. The summed E-state index contributed by atoms with van der Waals surface area (Å²) < 4.78 is 24.0. The molecule has 1 aliphatic heterocycles. The highest BCUT2D eigenvalue weighted by Crippen LogP contribution is 2.28. The van der Waals surface area contributed by atoms with Gasteiger partial charge in [-0.15, -0.1) is 0 Å². The molecule has 0 spiro atoms. The van der Waals surface area contributed by atoms with Crippen LogP contribution in [0, 0.1) is 6.92 Å². The average Bonchev–Trinajstić information content (AvgIpc) is 2.47. The van der Waals surface area contributed by atoms with Crippen molar-refractivity contribution >= 4 is 21.0 Å². The van der Waals surface area contributed by atoms with Crippen LogP contribution in [-0.4, -0.2) is 30.8 Å². The summed E-state index contributed by atoms with van der Waals surface area (Å²) in [7, 11) is -3.62. The summed E-state index contributed by atoms with van der Waals surface area (Å²) in [6.07, 6.45) is 1.31. The standard InChI is InChI=1S/C15H19N3O3S/c1-10-3-2-4-12-13(10)9-14(17-15(12)19)11-5-7-18(8-6-11)22(16,20)21/h2-4,9,11H,5-8H2,1H3,(H,17,19)(H2,16,20,21). The van der Waals surface area contributed by atoms with Crippen molar-refractivity contribution in [1.82, 2.24) is 9.29 Å². The quantitative estimate of drug-likeness (QED) is 0.870. The Morgan fingerprint density at radius 3 is 2.55 bits per heavy atom. The third-order valence-corrected chi connectivity index (χ3v) is 5.47. The van der Waals surface area contributed by atoms with E-state index in [1.165, 1.54) is 4.31 Å². The minimum Gasteiger partial charge on any atom is -0.325 e. The fourth-order valence-corrected chi connectivity index (χ4v) is 3.82. The Kier molecular flexibility index (Phi) is 3.80. The molecule has 7 heteroatoms. The van der Waals surface area contributed by atoms with Crippen LogP contribution < -0.4 is 10.7 Å². The zero-order chi connectivity index (χ0) is 15.9. The summed E-state index contributed by atoms with van der Waals surface area (Å²) in [5, 5.41) is 6.79.